The molecule has 1 N–H and O–H groups in total. The summed E-state index contributed by atoms with van der Waals surface area (Å²) < 4.78 is 37.0. The van der Waals surface area contributed by atoms with Crippen molar-refractivity contribution in [1.29, 1.82) is 0 Å². The number of alkyl halides is 1. The fourth-order valence-corrected chi connectivity index (χ4v) is 7.37. The van der Waals surface area contributed by atoms with E-state index in [1.54, 1.807) is 6.20 Å². The van der Waals surface area contributed by atoms with Crippen LogP contribution in [-0.4, -0.2) is 76.4 Å². The minimum atomic E-state index is -0.840. The molecule has 1 aromatic carbocycles. The van der Waals surface area contributed by atoms with Crippen LogP contribution in [0.1, 0.15) is 51.0 Å². The summed E-state index contributed by atoms with van der Waals surface area (Å²) in [6.45, 7) is 5.36. The molecule has 7 rings (SSSR count). The third-order valence-electron chi connectivity index (χ3n) is 9.18. The highest BCUT2D eigenvalue weighted by molar-refractivity contribution is 5.92. The average molecular weight is 535 g/mol. The largest absolute Gasteiger partial charge is 0.461 e. The molecule has 4 saturated heterocycles. The molecule has 4 atom stereocenters. The van der Waals surface area contributed by atoms with Crippen LogP contribution in [0.25, 0.3) is 22.2 Å². The molecule has 7 nitrogen and oxygen atoms in total. The highest BCUT2D eigenvalue weighted by Crippen LogP contribution is 2.41. The summed E-state index contributed by atoms with van der Waals surface area (Å²) in [5, 5.41) is 4.26. The number of rotatable bonds is 7. The van der Waals surface area contributed by atoms with Gasteiger partial charge in [0.05, 0.1) is 10.9 Å². The lowest BCUT2D eigenvalue weighted by molar-refractivity contribution is 0.107. The number of fused-ring (bicyclic) bond motifs is 4. The molecule has 3 aromatic rings. The molecule has 2 aromatic heterocycles. The number of piperazine rings is 1. The summed E-state index contributed by atoms with van der Waals surface area (Å²) in [4.78, 5) is 18.6. The Labute approximate surface area is 228 Å². The van der Waals surface area contributed by atoms with E-state index in [0.717, 1.165) is 69.3 Å². The topological polar surface area (TPSA) is 66.4 Å². The number of hydrogen-bond donors (Lipinski definition) is 1. The summed E-state index contributed by atoms with van der Waals surface area (Å²) in [6.07, 6.45) is 7.33. The number of hydrogen-bond acceptors (Lipinski definition) is 7. The van der Waals surface area contributed by atoms with E-state index in [1.165, 1.54) is 0 Å². The van der Waals surface area contributed by atoms with E-state index in [2.05, 4.69) is 32.0 Å². The van der Waals surface area contributed by atoms with E-state index in [-0.39, 0.29) is 17.1 Å². The molecule has 4 aliphatic rings. The average Bonchev–Trinajstić information content (AvgIpc) is 3.58. The van der Waals surface area contributed by atoms with Crippen LogP contribution >= 0.6 is 0 Å². The third-order valence-corrected chi connectivity index (χ3v) is 9.18. The first-order valence-electron chi connectivity index (χ1n) is 14.5. The van der Waals surface area contributed by atoms with Gasteiger partial charge in [0.2, 0.25) is 0 Å². The molecule has 0 aliphatic carbocycles. The Kier molecular flexibility index (Phi) is 6.39. The van der Waals surface area contributed by atoms with Gasteiger partial charge in [-0.1, -0.05) is 37.6 Å². The Morgan fingerprint density at radius 3 is 2.77 bits per heavy atom. The molecule has 4 fully saturated rings. The SMILES string of the molecule is CCCc1ccccc1-c1ncc2c(N3CC4CCC(C3)N4)nc(OCC34CCCN3C[C@H](F)C4)nc2c1F. The van der Waals surface area contributed by atoms with Crippen molar-refractivity contribution in [3.8, 4) is 17.3 Å². The van der Waals surface area contributed by atoms with Gasteiger partial charge < -0.3 is 15.0 Å². The molecule has 4 aliphatic heterocycles. The Morgan fingerprint density at radius 2 is 1.95 bits per heavy atom. The molecular weight excluding hydrogens is 498 g/mol. The van der Waals surface area contributed by atoms with Gasteiger partial charge in [0.1, 0.15) is 29.8 Å². The van der Waals surface area contributed by atoms with E-state index < -0.39 is 12.0 Å². The normalized spacial score (nSPS) is 28.4. The van der Waals surface area contributed by atoms with Gasteiger partial charge in [-0.25, -0.2) is 8.78 Å². The number of aromatic nitrogens is 3. The van der Waals surface area contributed by atoms with E-state index in [0.29, 0.717) is 48.6 Å². The van der Waals surface area contributed by atoms with E-state index in [1.807, 2.05) is 24.3 Å². The second-order valence-corrected chi connectivity index (χ2v) is 11.8. The Hall–Kier alpha value is -2.91. The van der Waals surface area contributed by atoms with Gasteiger partial charge in [-0.05, 0) is 44.2 Å². The van der Waals surface area contributed by atoms with Crippen molar-refractivity contribution in [3.05, 3.63) is 41.8 Å². The zero-order valence-electron chi connectivity index (χ0n) is 22.5. The van der Waals surface area contributed by atoms with Gasteiger partial charge in [-0.2, -0.15) is 9.97 Å². The van der Waals surface area contributed by atoms with Gasteiger partial charge in [-0.3, -0.25) is 9.88 Å². The number of anilines is 1. The monoisotopic (exact) mass is 534 g/mol. The smallest absolute Gasteiger partial charge is 0.319 e. The predicted octanol–water partition coefficient (Wildman–Crippen LogP) is 4.68. The maximum Gasteiger partial charge on any atom is 0.319 e. The van der Waals surface area contributed by atoms with Crippen LogP contribution in [-0.2, 0) is 6.42 Å². The molecule has 39 heavy (non-hydrogen) atoms. The van der Waals surface area contributed by atoms with Crippen LogP contribution in [0.15, 0.2) is 30.5 Å². The fourth-order valence-electron chi connectivity index (χ4n) is 7.37. The highest BCUT2D eigenvalue weighted by Gasteiger charge is 2.49. The number of halogens is 2. The second-order valence-electron chi connectivity index (χ2n) is 11.8. The number of nitrogens with zero attached hydrogens (tertiary/aromatic N) is 5. The molecular formula is C30H36F2N6O. The quantitative estimate of drug-likeness (QED) is 0.472. The van der Waals surface area contributed by atoms with Crippen LogP contribution < -0.4 is 15.0 Å². The molecule has 0 saturated carbocycles. The Balaban J connectivity index is 1.30. The predicted molar refractivity (Wildman–Crippen MR) is 147 cm³/mol. The second kappa shape index (κ2) is 9.93. The summed E-state index contributed by atoms with van der Waals surface area (Å²) in [6, 6.07) is 8.80. The van der Waals surface area contributed by atoms with Crippen LogP contribution in [0.5, 0.6) is 6.01 Å². The molecule has 2 bridgehead atoms. The van der Waals surface area contributed by atoms with Gasteiger partial charge in [0.15, 0.2) is 5.82 Å². The summed E-state index contributed by atoms with van der Waals surface area (Å²) in [5.41, 5.74) is 2.07. The minimum Gasteiger partial charge on any atom is -0.461 e. The van der Waals surface area contributed by atoms with Gasteiger partial charge in [0.25, 0.3) is 0 Å². The van der Waals surface area contributed by atoms with E-state index >= 15 is 4.39 Å². The van der Waals surface area contributed by atoms with Gasteiger partial charge >= 0.3 is 6.01 Å². The molecule has 0 radical (unpaired) electrons. The van der Waals surface area contributed by atoms with Crippen molar-refractivity contribution >= 4 is 16.7 Å². The summed E-state index contributed by atoms with van der Waals surface area (Å²) >= 11 is 0. The van der Waals surface area contributed by atoms with Crippen molar-refractivity contribution in [2.45, 2.75) is 75.7 Å². The van der Waals surface area contributed by atoms with E-state index in [9.17, 15) is 4.39 Å². The van der Waals surface area contributed by atoms with Crippen molar-refractivity contribution in [3.63, 3.8) is 0 Å². The minimum absolute atomic E-state index is 0.157. The lowest BCUT2D eigenvalue weighted by Crippen LogP contribution is -2.51. The van der Waals surface area contributed by atoms with Crippen LogP contribution in [0.4, 0.5) is 14.6 Å². The zero-order valence-corrected chi connectivity index (χ0v) is 22.5. The van der Waals surface area contributed by atoms with Crippen LogP contribution in [0.3, 0.4) is 0 Å². The first-order valence-corrected chi connectivity index (χ1v) is 14.5. The third kappa shape index (κ3) is 4.43. The van der Waals surface area contributed by atoms with Crippen LogP contribution in [0.2, 0.25) is 0 Å². The zero-order chi connectivity index (χ0) is 26.6. The molecule has 206 valence electrons. The van der Waals surface area contributed by atoms with Gasteiger partial charge in [-0.15, -0.1) is 0 Å². The van der Waals surface area contributed by atoms with E-state index in [4.69, 9.17) is 9.72 Å². The number of pyridine rings is 1. The summed E-state index contributed by atoms with van der Waals surface area (Å²) in [5.74, 6) is 0.219. The number of ether oxygens (including phenoxy) is 1. The lowest BCUT2D eigenvalue weighted by Gasteiger charge is -2.34. The number of aryl methyl sites for hydroxylation is 1. The number of nitrogens with one attached hydrogen (secondary N) is 1. The molecule has 3 unspecified atom stereocenters. The lowest BCUT2D eigenvalue weighted by atomic mass is 9.95. The van der Waals surface area contributed by atoms with Crippen molar-refractivity contribution < 1.29 is 13.5 Å². The fraction of sp³-hybridized carbons (Fsp3) is 0.567. The van der Waals surface area contributed by atoms with Crippen molar-refractivity contribution in [2.24, 2.45) is 0 Å². The molecule has 6 heterocycles. The standard InChI is InChI=1S/C30H36F2N6O/c1-2-6-19-7-3-4-8-23(19)26-25(32)27-24(14-33-26)28(37-16-21-9-10-22(17-37)34-21)36-29(35-27)39-18-30-11-5-12-38(30)15-20(31)13-30/h3-4,7-8,14,20-22,34H,2,5-6,9-13,15-18H2,1H3/t20-,21?,22?,30?/m1/s1. The first kappa shape index (κ1) is 25.1. The van der Waals surface area contributed by atoms with Gasteiger partial charge in [0, 0.05) is 49.9 Å². The van der Waals surface area contributed by atoms with Crippen molar-refractivity contribution in [1.82, 2.24) is 25.2 Å². The highest BCUT2D eigenvalue weighted by atomic mass is 19.1. The molecule has 0 amide bonds. The molecule has 0 spiro atoms. The maximum absolute atomic E-state index is 16.4. The van der Waals surface area contributed by atoms with Crippen LogP contribution in [0, 0.1) is 5.82 Å². The molecule has 9 heteroatoms. The maximum atomic E-state index is 16.4. The Bertz CT molecular complexity index is 1380. The Morgan fingerprint density at radius 1 is 1.13 bits per heavy atom. The first-order chi connectivity index (χ1) is 19.0. The number of benzene rings is 1. The van der Waals surface area contributed by atoms with Crippen molar-refractivity contribution in [2.75, 3.05) is 37.7 Å². The summed E-state index contributed by atoms with van der Waals surface area (Å²) in [7, 11) is 0.